The average Bonchev–Trinajstić information content (AvgIpc) is 3.11. The van der Waals surface area contributed by atoms with Crippen molar-refractivity contribution in [2.75, 3.05) is 0 Å². The Kier molecular flexibility index (Phi) is 5.26. The third-order valence-electron chi connectivity index (χ3n) is 4.18. The van der Waals surface area contributed by atoms with Crippen molar-refractivity contribution in [1.82, 2.24) is 5.48 Å². The summed E-state index contributed by atoms with van der Waals surface area (Å²) in [5.74, 6) is 0. The van der Waals surface area contributed by atoms with Gasteiger partial charge in [-0.3, -0.25) is 0 Å². The van der Waals surface area contributed by atoms with Gasteiger partial charge in [0.25, 0.3) is 0 Å². The molecule has 5 nitrogen and oxygen atoms in total. The van der Waals surface area contributed by atoms with E-state index in [1.165, 1.54) is 12.1 Å². The summed E-state index contributed by atoms with van der Waals surface area (Å²) in [5, 5.41) is 9.66. The van der Waals surface area contributed by atoms with Crippen LogP contribution in [0.1, 0.15) is 16.7 Å². The number of hydrogen-bond donors (Lipinski definition) is 1. The second-order valence-corrected chi connectivity index (χ2v) is 7.65. The Morgan fingerprint density at radius 3 is 2.44 bits per heavy atom. The average molecular weight is 378 g/mol. The van der Waals surface area contributed by atoms with E-state index < -0.39 is 10.1 Å². The van der Waals surface area contributed by atoms with E-state index in [4.69, 9.17) is 4.28 Å². The maximum atomic E-state index is 12.4. The van der Waals surface area contributed by atoms with E-state index in [1.807, 2.05) is 38.1 Å². The van der Waals surface area contributed by atoms with Crippen LogP contribution in [0.15, 0.2) is 82.9 Å². The zero-order valence-corrected chi connectivity index (χ0v) is 15.7. The van der Waals surface area contributed by atoms with Crippen molar-refractivity contribution < 1.29 is 12.7 Å². The molecule has 0 atom stereocenters. The Morgan fingerprint density at radius 2 is 1.78 bits per heavy atom. The van der Waals surface area contributed by atoms with Gasteiger partial charge in [0, 0.05) is 5.57 Å². The second-order valence-electron chi connectivity index (χ2n) is 6.11. The van der Waals surface area contributed by atoms with E-state index in [0.29, 0.717) is 16.8 Å². The van der Waals surface area contributed by atoms with Crippen molar-refractivity contribution in [3.63, 3.8) is 0 Å². The third-order valence-corrected chi connectivity index (χ3v) is 5.33. The molecule has 6 heteroatoms. The Labute approximate surface area is 159 Å². The van der Waals surface area contributed by atoms with E-state index in [0.717, 1.165) is 16.7 Å². The van der Waals surface area contributed by atoms with Crippen LogP contribution in [0.2, 0.25) is 0 Å². The molecule has 27 heavy (non-hydrogen) atoms. The van der Waals surface area contributed by atoms with Gasteiger partial charge in [0.2, 0.25) is 0 Å². The van der Waals surface area contributed by atoms with Crippen molar-refractivity contribution in [1.29, 1.82) is 5.26 Å². The van der Waals surface area contributed by atoms with Crippen LogP contribution in [0.25, 0.3) is 5.57 Å². The summed E-state index contributed by atoms with van der Waals surface area (Å²) >= 11 is 0. The SMILES string of the molecule is Cc1ccc(S(=O)(=O)ONC2=CC=C/C2=C(/C#N)c2ccccc2C)cc1. The van der Waals surface area contributed by atoms with Crippen LogP contribution in [0.4, 0.5) is 0 Å². The predicted octanol–water partition coefficient (Wildman–Crippen LogP) is 3.94. The quantitative estimate of drug-likeness (QED) is 0.630. The van der Waals surface area contributed by atoms with Crippen LogP contribution in [0.5, 0.6) is 0 Å². The highest BCUT2D eigenvalue weighted by Gasteiger charge is 2.20. The number of nitriles is 1. The molecule has 1 N–H and O–H groups in total. The monoisotopic (exact) mass is 378 g/mol. The Balaban J connectivity index is 1.86. The van der Waals surface area contributed by atoms with Crippen LogP contribution in [-0.2, 0) is 14.4 Å². The fourth-order valence-corrected chi connectivity index (χ4v) is 3.46. The van der Waals surface area contributed by atoms with E-state index in [1.54, 1.807) is 30.4 Å². The Morgan fingerprint density at radius 1 is 1.07 bits per heavy atom. The lowest BCUT2D eigenvalue weighted by molar-refractivity contribution is 0.240. The third kappa shape index (κ3) is 4.00. The van der Waals surface area contributed by atoms with Gasteiger partial charge in [0.1, 0.15) is 6.07 Å². The largest absolute Gasteiger partial charge is 0.317 e. The van der Waals surface area contributed by atoms with Crippen molar-refractivity contribution >= 4 is 15.7 Å². The molecule has 136 valence electrons. The number of benzene rings is 2. The van der Waals surface area contributed by atoms with Gasteiger partial charge >= 0.3 is 10.1 Å². The molecule has 0 bridgehead atoms. The molecule has 1 aliphatic rings. The number of hydroxylamine groups is 1. The van der Waals surface area contributed by atoms with Gasteiger partial charge in [0.05, 0.1) is 16.2 Å². The molecule has 3 rings (SSSR count). The number of allylic oxidation sites excluding steroid dienone is 4. The summed E-state index contributed by atoms with van der Waals surface area (Å²) in [4.78, 5) is 0.0529. The lowest BCUT2D eigenvalue weighted by Gasteiger charge is -2.12. The molecule has 0 aliphatic heterocycles. The number of nitrogens with zero attached hydrogens (tertiary/aromatic N) is 1. The first-order valence-corrected chi connectivity index (χ1v) is 9.68. The molecular formula is C21H18N2O3S. The van der Waals surface area contributed by atoms with E-state index >= 15 is 0 Å². The standard InChI is InChI=1S/C21H18N2O3S/c1-15-10-12-17(13-11-15)27(24,25)26-23-21-9-5-8-19(21)20(14-22)18-7-4-3-6-16(18)2/h3-13,23H,1-2H3/b20-19+. The highest BCUT2D eigenvalue weighted by molar-refractivity contribution is 7.86. The zero-order chi connectivity index (χ0) is 19.4. The van der Waals surface area contributed by atoms with Crippen LogP contribution < -0.4 is 5.48 Å². The maximum Gasteiger partial charge on any atom is 0.317 e. The molecule has 1 aliphatic carbocycles. The molecule has 0 radical (unpaired) electrons. The summed E-state index contributed by atoms with van der Waals surface area (Å²) in [7, 11) is -3.98. The molecule has 0 aromatic heterocycles. The van der Waals surface area contributed by atoms with Gasteiger partial charge in [-0.25, -0.2) is 5.48 Å². The second kappa shape index (κ2) is 7.62. The van der Waals surface area contributed by atoms with E-state index in [2.05, 4.69) is 11.5 Å². The number of hydrogen-bond acceptors (Lipinski definition) is 5. The van der Waals surface area contributed by atoms with Crippen LogP contribution in [0.3, 0.4) is 0 Å². The van der Waals surface area contributed by atoms with Gasteiger partial charge in [-0.05, 0) is 43.2 Å². The maximum absolute atomic E-state index is 12.4. The fourth-order valence-electron chi connectivity index (χ4n) is 2.70. The molecule has 0 amide bonds. The zero-order valence-electron chi connectivity index (χ0n) is 14.9. The molecule has 0 fully saturated rings. The van der Waals surface area contributed by atoms with Crippen molar-refractivity contribution in [3.05, 3.63) is 94.7 Å². The highest BCUT2D eigenvalue weighted by Crippen LogP contribution is 2.29. The van der Waals surface area contributed by atoms with Gasteiger partial charge in [-0.2, -0.15) is 13.7 Å². The van der Waals surface area contributed by atoms with Crippen LogP contribution in [-0.4, -0.2) is 8.42 Å². The molecular weight excluding hydrogens is 360 g/mol. The van der Waals surface area contributed by atoms with Gasteiger partial charge < -0.3 is 0 Å². The summed E-state index contributed by atoms with van der Waals surface area (Å²) in [6.45, 7) is 3.79. The summed E-state index contributed by atoms with van der Waals surface area (Å²) in [6.07, 6.45) is 5.14. The lowest BCUT2D eigenvalue weighted by Crippen LogP contribution is -2.20. The first kappa shape index (κ1) is 18.6. The molecule has 2 aromatic carbocycles. The van der Waals surface area contributed by atoms with Gasteiger partial charge in [-0.15, -0.1) is 4.28 Å². The Bertz CT molecular complexity index is 1100. The fraction of sp³-hybridized carbons (Fsp3) is 0.0952. The number of rotatable bonds is 5. The molecule has 0 spiro atoms. The molecule has 0 heterocycles. The van der Waals surface area contributed by atoms with E-state index in [9.17, 15) is 13.7 Å². The molecule has 0 saturated carbocycles. The molecule has 0 saturated heterocycles. The number of nitrogens with one attached hydrogen (secondary N) is 1. The smallest absolute Gasteiger partial charge is 0.249 e. The van der Waals surface area contributed by atoms with Gasteiger partial charge in [0.15, 0.2) is 0 Å². The van der Waals surface area contributed by atoms with Crippen molar-refractivity contribution in [3.8, 4) is 6.07 Å². The lowest BCUT2D eigenvalue weighted by atomic mass is 9.96. The summed E-state index contributed by atoms with van der Waals surface area (Å²) < 4.78 is 29.7. The predicted molar refractivity (Wildman–Crippen MR) is 104 cm³/mol. The van der Waals surface area contributed by atoms with Crippen LogP contribution >= 0.6 is 0 Å². The minimum Gasteiger partial charge on any atom is -0.249 e. The normalized spacial score (nSPS) is 15.2. The minimum absolute atomic E-state index is 0.0529. The van der Waals surface area contributed by atoms with E-state index in [-0.39, 0.29) is 4.90 Å². The van der Waals surface area contributed by atoms with Crippen molar-refractivity contribution in [2.24, 2.45) is 0 Å². The van der Waals surface area contributed by atoms with Crippen molar-refractivity contribution in [2.45, 2.75) is 18.7 Å². The number of aryl methyl sites for hydroxylation is 2. The summed E-state index contributed by atoms with van der Waals surface area (Å²) in [5.41, 5.74) is 6.61. The first-order chi connectivity index (χ1) is 12.9. The topological polar surface area (TPSA) is 79.2 Å². The van der Waals surface area contributed by atoms with Gasteiger partial charge in [-0.1, -0.05) is 54.1 Å². The molecule has 0 unspecified atom stereocenters. The Hall–Kier alpha value is -3.14. The minimum atomic E-state index is -3.98. The highest BCUT2D eigenvalue weighted by atomic mass is 32.2. The molecule has 2 aromatic rings. The summed E-state index contributed by atoms with van der Waals surface area (Å²) in [6, 6.07) is 16.1. The first-order valence-electron chi connectivity index (χ1n) is 8.27. The van der Waals surface area contributed by atoms with Crippen LogP contribution in [0, 0.1) is 25.2 Å².